The summed E-state index contributed by atoms with van der Waals surface area (Å²) in [5.74, 6) is 1.62. The third kappa shape index (κ3) is 5.49. The number of hydrogen-bond donors (Lipinski definition) is 0. The van der Waals surface area contributed by atoms with Crippen molar-refractivity contribution in [1.82, 2.24) is 14.9 Å². The fourth-order valence-corrected chi connectivity index (χ4v) is 3.64. The number of carbonyl (C=O) groups excluding carboxylic acids is 1. The van der Waals surface area contributed by atoms with Gasteiger partial charge in [0.1, 0.15) is 5.60 Å². The number of fused-ring (bicyclic) bond motifs is 1. The van der Waals surface area contributed by atoms with Crippen molar-refractivity contribution in [3.05, 3.63) is 24.3 Å². The van der Waals surface area contributed by atoms with Crippen LogP contribution in [-0.4, -0.2) is 59.9 Å². The first-order valence-electron chi connectivity index (χ1n) is 10.4. The van der Waals surface area contributed by atoms with Crippen LogP contribution in [0.15, 0.2) is 24.3 Å². The van der Waals surface area contributed by atoms with Gasteiger partial charge in [-0.3, -0.25) is 0 Å². The second-order valence-electron chi connectivity index (χ2n) is 8.59. The zero-order chi connectivity index (χ0) is 21.0. The molecule has 0 N–H and O–H groups in total. The Labute approximate surface area is 173 Å². The lowest BCUT2D eigenvalue weighted by Gasteiger charge is -2.36. The van der Waals surface area contributed by atoms with Crippen molar-refractivity contribution in [3.63, 3.8) is 0 Å². The number of aromatic nitrogens is 2. The molecule has 0 spiro atoms. The van der Waals surface area contributed by atoms with E-state index in [2.05, 4.69) is 9.88 Å². The van der Waals surface area contributed by atoms with Crippen LogP contribution in [-0.2, 0) is 4.74 Å². The number of piperidine rings is 1. The van der Waals surface area contributed by atoms with Crippen molar-refractivity contribution in [2.75, 3.05) is 38.2 Å². The molecule has 7 nitrogen and oxygen atoms in total. The Morgan fingerprint density at radius 3 is 2.59 bits per heavy atom. The first-order chi connectivity index (χ1) is 13.8. The van der Waals surface area contributed by atoms with Crippen LogP contribution >= 0.6 is 0 Å². The molecule has 3 rings (SSSR count). The van der Waals surface area contributed by atoms with Gasteiger partial charge in [0.05, 0.1) is 17.6 Å². The van der Waals surface area contributed by atoms with Crippen LogP contribution in [0.5, 0.6) is 5.88 Å². The summed E-state index contributed by atoms with van der Waals surface area (Å²) in [5, 5.41) is 0. The molecule has 0 bridgehead atoms. The van der Waals surface area contributed by atoms with Gasteiger partial charge in [-0.2, -0.15) is 0 Å². The van der Waals surface area contributed by atoms with E-state index in [-0.39, 0.29) is 6.09 Å². The number of ether oxygens (including phenoxy) is 2. The third-order valence-corrected chi connectivity index (χ3v) is 4.87. The van der Waals surface area contributed by atoms with E-state index in [9.17, 15) is 4.79 Å². The summed E-state index contributed by atoms with van der Waals surface area (Å²) in [6, 6.07) is 7.80. The second kappa shape index (κ2) is 8.84. The Kier molecular flexibility index (Phi) is 6.45. The fraction of sp³-hybridized carbons (Fsp3) is 0.591. The van der Waals surface area contributed by atoms with Gasteiger partial charge in [-0.15, -0.1) is 0 Å². The molecule has 1 saturated heterocycles. The fourth-order valence-electron chi connectivity index (χ4n) is 3.64. The summed E-state index contributed by atoms with van der Waals surface area (Å²) in [5.41, 5.74) is 1.19. The lowest BCUT2D eigenvalue weighted by atomic mass is 9.98. The molecule has 0 aliphatic carbocycles. The van der Waals surface area contributed by atoms with Gasteiger partial charge in [0.25, 0.3) is 5.88 Å². The van der Waals surface area contributed by atoms with E-state index in [0.717, 1.165) is 42.8 Å². The van der Waals surface area contributed by atoms with Gasteiger partial charge >= 0.3 is 6.09 Å². The van der Waals surface area contributed by atoms with Crippen molar-refractivity contribution in [2.24, 2.45) is 5.92 Å². The number of benzene rings is 1. The lowest BCUT2D eigenvalue weighted by Crippen LogP contribution is -2.45. The standard InChI is InChI=1S/C22H32N4O3/c1-6-28-20-19(23-17-11-7-8-12-18(17)24-20)25(5)14-16-10-9-13-26(15-16)21(27)29-22(2,3)4/h7-8,11-12,16H,6,9-10,13-15H2,1-5H3. The quantitative estimate of drug-likeness (QED) is 0.752. The highest BCUT2D eigenvalue weighted by Crippen LogP contribution is 2.28. The number of rotatable bonds is 5. The van der Waals surface area contributed by atoms with Gasteiger partial charge in [0.2, 0.25) is 0 Å². The molecule has 1 fully saturated rings. The molecular weight excluding hydrogens is 368 g/mol. The normalized spacial score (nSPS) is 17.3. The number of para-hydroxylation sites is 2. The number of amides is 1. The Balaban J connectivity index is 1.73. The number of likely N-dealkylation sites (tertiary alicyclic amines) is 1. The highest BCUT2D eigenvalue weighted by atomic mass is 16.6. The maximum absolute atomic E-state index is 12.4. The molecule has 158 valence electrons. The first-order valence-corrected chi connectivity index (χ1v) is 10.4. The minimum atomic E-state index is -0.478. The predicted octanol–water partition coefficient (Wildman–Crippen LogP) is 4.11. The average molecular weight is 401 g/mol. The van der Waals surface area contributed by atoms with Crippen molar-refractivity contribution in [3.8, 4) is 5.88 Å². The summed E-state index contributed by atoms with van der Waals surface area (Å²) < 4.78 is 11.3. The number of carbonyl (C=O) groups is 1. The minimum absolute atomic E-state index is 0.231. The molecule has 0 radical (unpaired) electrons. The zero-order valence-electron chi connectivity index (χ0n) is 18.1. The molecule has 1 aliphatic heterocycles. The maximum atomic E-state index is 12.4. The van der Waals surface area contributed by atoms with E-state index < -0.39 is 5.60 Å². The Hall–Kier alpha value is -2.57. The number of hydrogen-bond acceptors (Lipinski definition) is 6. The topological polar surface area (TPSA) is 67.8 Å². The van der Waals surface area contributed by atoms with Crippen molar-refractivity contribution >= 4 is 22.9 Å². The Bertz CT molecular complexity index is 850. The maximum Gasteiger partial charge on any atom is 0.410 e. The van der Waals surface area contributed by atoms with Gasteiger partial charge in [-0.25, -0.2) is 14.8 Å². The summed E-state index contributed by atoms with van der Waals surface area (Å²) >= 11 is 0. The van der Waals surface area contributed by atoms with Gasteiger partial charge < -0.3 is 19.3 Å². The van der Waals surface area contributed by atoms with E-state index >= 15 is 0 Å². The number of anilines is 1. The smallest absolute Gasteiger partial charge is 0.410 e. The summed E-state index contributed by atoms with van der Waals surface area (Å²) in [6.45, 7) is 10.4. The van der Waals surface area contributed by atoms with Gasteiger partial charge in [0.15, 0.2) is 5.82 Å². The van der Waals surface area contributed by atoms with E-state index in [1.54, 1.807) is 0 Å². The van der Waals surface area contributed by atoms with Gasteiger partial charge in [-0.05, 0) is 58.6 Å². The van der Waals surface area contributed by atoms with E-state index in [1.807, 2.05) is 63.9 Å². The largest absolute Gasteiger partial charge is 0.475 e. The summed E-state index contributed by atoms with van der Waals surface area (Å²) in [6.07, 6.45) is 1.80. The molecule has 1 aliphatic rings. The van der Waals surface area contributed by atoms with Crippen LogP contribution in [0.2, 0.25) is 0 Å². The molecule has 2 heterocycles. The minimum Gasteiger partial charge on any atom is -0.475 e. The Morgan fingerprint density at radius 1 is 1.24 bits per heavy atom. The van der Waals surface area contributed by atoms with E-state index in [4.69, 9.17) is 14.5 Å². The molecule has 1 atom stereocenters. The Morgan fingerprint density at radius 2 is 1.93 bits per heavy atom. The highest BCUT2D eigenvalue weighted by Gasteiger charge is 2.29. The molecule has 1 aromatic heterocycles. The van der Waals surface area contributed by atoms with Crippen LogP contribution in [0, 0.1) is 5.92 Å². The SMILES string of the molecule is CCOc1nc2ccccc2nc1N(C)CC1CCCN(C(=O)OC(C)(C)C)C1. The third-order valence-electron chi connectivity index (χ3n) is 4.87. The molecule has 1 amide bonds. The molecule has 7 heteroatoms. The predicted molar refractivity (Wildman–Crippen MR) is 115 cm³/mol. The number of nitrogens with zero attached hydrogens (tertiary/aromatic N) is 4. The van der Waals surface area contributed by atoms with Crippen molar-refractivity contribution in [2.45, 2.75) is 46.1 Å². The molecule has 29 heavy (non-hydrogen) atoms. The average Bonchev–Trinajstić information content (AvgIpc) is 2.66. The van der Waals surface area contributed by atoms with Crippen LogP contribution in [0.25, 0.3) is 11.0 Å². The van der Waals surface area contributed by atoms with E-state index in [1.165, 1.54) is 0 Å². The summed E-state index contributed by atoms with van der Waals surface area (Å²) in [7, 11) is 2.01. The summed E-state index contributed by atoms with van der Waals surface area (Å²) in [4.78, 5) is 25.8. The molecule has 1 unspecified atom stereocenters. The van der Waals surface area contributed by atoms with Gasteiger partial charge in [-0.1, -0.05) is 12.1 Å². The van der Waals surface area contributed by atoms with E-state index in [0.29, 0.717) is 24.9 Å². The first kappa shape index (κ1) is 21.1. The second-order valence-corrected chi connectivity index (χ2v) is 8.59. The van der Waals surface area contributed by atoms with Crippen molar-refractivity contribution in [1.29, 1.82) is 0 Å². The highest BCUT2D eigenvalue weighted by molar-refractivity contribution is 5.77. The van der Waals surface area contributed by atoms with Crippen LogP contribution in [0.3, 0.4) is 0 Å². The monoisotopic (exact) mass is 400 g/mol. The van der Waals surface area contributed by atoms with Crippen molar-refractivity contribution < 1.29 is 14.3 Å². The molecule has 0 saturated carbocycles. The van der Waals surface area contributed by atoms with Gasteiger partial charge in [0, 0.05) is 26.7 Å². The van der Waals surface area contributed by atoms with Crippen LogP contribution < -0.4 is 9.64 Å². The molecular formula is C22H32N4O3. The zero-order valence-corrected chi connectivity index (χ0v) is 18.1. The lowest BCUT2D eigenvalue weighted by molar-refractivity contribution is 0.0170. The molecule has 1 aromatic carbocycles. The molecule has 2 aromatic rings. The van der Waals surface area contributed by atoms with Crippen LogP contribution in [0.4, 0.5) is 10.6 Å². The van der Waals surface area contributed by atoms with Crippen LogP contribution in [0.1, 0.15) is 40.5 Å².